The molecule has 1 N–H and O–H groups in total. The summed E-state index contributed by atoms with van der Waals surface area (Å²) in [6.45, 7) is 5.00. The van der Waals surface area contributed by atoms with Crippen LogP contribution in [0, 0.1) is 0 Å². The van der Waals surface area contributed by atoms with Crippen molar-refractivity contribution in [3.63, 3.8) is 0 Å². The van der Waals surface area contributed by atoms with E-state index in [0.29, 0.717) is 17.5 Å². The highest BCUT2D eigenvalue weighted by molar-refractivity contribution is 6.30. The van der Waals surface area contributed by atoms with Gasteiger partial charge in [-0.2, -0.15) is 0 Å². The number of rotatable bonds is 5. The minimum absolute atomic E-state index is 0. The first-order chi connectivity index (χ1) is 9.70. The first-order valence-electron chi connectivity index (χ1n) is 7.45. The first kappa shape index (κ1) is 18.3. The lowest BCUT2D eigenvalue weighted by Gasteiger charge is -2.34. The molecule has 0 aliphatic carbocycles. The fourth-order valence-electron chi connectivity index (χ4n) is 2.79. The Morgan fingerprint density at radius 3 is 2.71 bits per heavy atom. The van der Waals surface area contributed by atoms with E-state index in [9.17, 15) is 4.79 Å². The lowest BCUT2D eigenvalue weighted by Crippen LogP contribution is -2.47. The average molecular weight is 331 g/mol. The molecular weight excluding hydrogens is 307 g/mol. The molecule has 0 aromatic heterocycles. The average Bonchev–Trinajstić information content (AvgIpc) is 2.45. The van der Waals surface area contributed by atoms with E-state index >= 15 is 0 Å². The molecule has 21 heavy (non-hydrogen) atoms. The van der Waals surface area contributed by atoms with Crippen molar-refractivity contribution in [3.8, 4) is 0 Å². The van der Waals surface area contributed by atoms with E-state index in [1.165, 1.54) is 0 Å². The number of carbonyl (C=O) groups excluding carboxylic acids is 1. The largest absolute Gasteiger partial charge is 0.339 e. The van der Waals surface area contributed by atoms with Gasteiger partial charge in [0.15, 0.2) is 0 Å². The molecule has 1 amide bonds. The molecule has 0 unspecified atom stereocenters. The monoisotopic (exact) mass is 330 g/mol. The lowest BCUT2D eigenvalue weighted by molar-refractivity contribution is -0.133. The van der Waals surface area contributed by atoms with E-state index in [4.69, 9.17) is 11.6 Å². The van der Waals surface area contributed by atoms with Crippen molar-refractivity contribution in [2.45, 2.75) is 38.6 Å². The maximum absolute atomic E-state index is 12.6. The quantitative estimate of drug-likeness (QED) is 0.898. The number of nitrogens with zero attached hydrogens (tertiary/aromatic N) is 1. The maximum atomic E-state index is 12.6. The molecule has 1 heterocycles. The zero-order valence-electron chi connectivity index (χ0n) is 12.5. The number of benzene rings is 1. The van der Waals surface area contributed by atoms with Crippen molar-refractivity contribution < 1.29 is 4.79 Å². The summed E-state index contributed by atoms with van der Waals surface area (Å²) in [5.41, 5.74) is 0.998. The molecule has 3 nitrogen and oxygen atoms in total. The Balaban J connectivity index is 0.00000220. The third kappa shape index (κ3) is 5.50. The van der Waals surface area contributed by atoms with Gasteiger partial charge in [0.25, 0.3) is 0 Å². The van der Waals surface area contributed by atoms with Gasteiger partial charge in [-0.15, -0.1) is 12.4 Å². The van der Waals surface area contributed by atoms with Crippen LogP contribution in [0.3, 0.4) is 0 Å². The van der Waals surface area contributed by atoms with E-state index < -0.39 is 0 Å². The summed E-state index contributed by atoms with van der Waals surface area (Å²) in [7, 11) is 0. The van der Waals surface area contributed by atoms with Crippen LogP contribution < -0.4 is 5.32 Å². The van der Waals surface area contributed by atoms with Gasteiger partial charge in [0.2, 0.25) is 5.91 Å². The van der Waals surface area contributed by atoms with E-state index in [1.54, 1.807) is 0 Å². The van der Waals surface area contributed by atoms with Gasteiger partial charge in [-0.05, 0) is 50.0 Å². The first-order valence-corrected chi connectivity index (χ1v) is 7.83. The van der Waals surface area contributed by atoms with Crippen LogP contribution in [-0.2, 0) is 11.2 Å². The van der Waals surface area contributed by atoms with Crippen LogP contribution in [0.2, 0.25) is 5.02 Å². The molecule has 1 aromatic carbocycles. The Labute approximate surface area is 138 Å². The van der Waals surface area contributed by atoms with E-state index in [0.717, 1.165) is 44.5 Å². The summed E-state index contributed by atoms with van der Waals surface area (Å²) in [4.78, 5) is 14.6. The van der Waals surface area contributed by atoms with Gasteiger partial charge in [-0.1, -0.05) is 30.7 Å². The molecule has 1 saturated heterocycles. The summed E-state index contributed by atoms with van der Waals surface area (Å²) in [5, 5.41) is 4.05. The van der Waals surface area contributed by atoms with E-state index in [-0.39, 0.29) is 18.3 Å². The van der Waals surface area contributed by atoms with Gasteiger partial charge in [-0.3, -0.25) is 4.79 Å². The number of hydrogen-bond acceptors (Lipinski definition) is 2. The maximum Gasteiger partial charge on any atom is 0.227 e. The Morgan fingerprint density at radius 2 is 2.10 bits per heavy atom. The molecule has 0 atom stereocenters. The molecule has 118 valence electrons. The third-order valence-electron chi connectivity index (χ3n) is 3.78. The van der Waals surface area contributed by atoms with Gasteiger partial charge >= 0.3 is 0 Å². The standard InChI is InChI=1S/C16H23ClN2O.ClH/c1-2-10-19(15-6-8-18-9-7-15)16(20)12-13-4-3-5-14(17)11-13;/h3-5,11,15,18H,2,6-10,12H2,1H3;1H. The van der Waals surface area contributed by atoms with Crippen LogP contribution in [0.25, 0.3) is 0 Å². The van der Waals surface area contributed by atoms with Crippen molar-refractivity contribution in [1.82, 2.24) is 10.2 Å². The number of hydrogen-bond donors (Lipinski definition) is 1. The zero-order chi connectivity index (χ0) is 14.4. The smallest absolute Gasteiger partial charge is 0.227 e. The van der Waals surface area contributed by atoms with Crippen LogP contribution in [0.15, 0.2) is 24.3 Å². The van der Waals surface area contributed by atoms with Crippen molar-refractivity contribution >= 4 is 29.9 Å². The minimum atomic E-state index is 0. The van der Waals surface area contributed by atoms with Crippen LogP contribution in [0.5, 0.6) is 0 Å². The molecule has 1 aromatic rings. The zero-order valence-corrected chi connectivity index (χ0v) is 14.1. The highest BCUT2D eigenvalue weighted by Gasteiger charge is 2.24. The van der Waals surface area contributed by atoms with Crippen molar-refractivity contribution in [3.05, 3.63) is 34.9 Å². The summed E-state index contributed by atoms with van der Waals surface area (Å²) < 4.78 is 0. The fraction of sp³-hybridized carbons (Fsp3) is 0.562. The van der Waals surface area contributed by atoms with Gasteiger partial charge in [-0.25, -0.2) is 0 Å². The predicted molar refractivity (Wildman–Crippen MR) is 90.3 cm³/mol. The Hall–Kier alpha value is -0.770. The number of halogens is 2. The van der Waals surface area contributed by atoms with Gasteiger partial charge in [0.1, 0.15) is 0 Å². The number of nitrogens with one attached hydrogen (secondary N) is 1. The van der Waals surface area contributed by atoms with Crippen molar-refractivity contribution in [1.29, 1.82) is 0 Å². The van der Waals surface area contributed by atoms with E-state index in [2.05, 4.69) is 17.1 Å². The van der Waals surface area contributed by atoms with E-state index in [1.807, 2.05) is 24.3 Å². The molecular formula is C16H24Cl2N2O. The predicted octanol–water partition coefficient (Wildman–Crippen LogP) is 3.29. The molecule has 2 rings (SSSR count). The normalized spacial score (nSPS) is 15.3. The van der Waals surface area contributed by atoms with Crippen LogP contribution in [-0.4, -0.2) is 36.5 Å². The molecule has 1 aliphatic heterocycles. The third-order valence-corrected chi connectivity index (χ3v) is 4.01. The minimum Gasteiger partial charge on any atom is -0.339 e. The molecule has 1 aliphatic rings. The molecule has 5 heteroatoms. The second-order valence-electron chi connectivity index (χ2n) is 5.38. The van der Waals surface area contributed by atoms with Crippen molar-refractivity contribution in [2.75, 3.05) is 19.6 Å². The fourth-order valence-corrected chi connectivity index (χ4v) is 3.01. The Kier molecular flexibility index (Phi) is 8.09. The van der Waals surface area contributed by atoms with Crippen LogP contribution >= 0.6 is 24.0 Å². The highest BCUT2D eigenvalue weighted by atomic mass is 35.5. The van der Waals surface area contributed by atoms with Gasteiger partial charge in [0.05, 0.1) is 6.42 Å². The SMILES string of the molecule is CCCN(C(=O)Cc1cccc(Cl)c1)C1CCNCC1.Cl. The van der Waals surface area contributed by atoms with Crippen molar-refractivity contribution in [2.24, 2.45) is 0 Å². The Bertz CT molecular complexity index is 448. The highest BCUT2D eigenvalue weighted by Crippen LogP contribution is 2.16. The molecule has 0 bridgehead atoms. The van der Waals surface area contributed by atoms with Gasteiger partial charge < -0.3 is 10.2 Å². The van der Waals surface area contributed by atoms with Gasteiger partial charge in [0, 0.05) is 17.6 Å². The van der Waals surface area contributed by atoms with Crippen LogP contribution in [0.1, 0.15) is 31.7 Å². The lowest BCUT2D eigenvalue weighted by atomic mass is 10.0. The Morgan fingerprint density at radius 1 is 1.38 bits per heavy atom. The molecule has 1 fully saturated rings. The topological polar surface area (TPSA) is 32.3 Å². The van der Waals surface area contributed by atoms with Crippen LogP contribution in [0.4, 0.5) is 0 Å². The molecule has 0 saturated carbocycles. The number of carbonyl (C=O) groups is 1. The summed E-state index contributed by atoms with van der Waals surface area (Å²) >= 11 is 5.98. The summed E-state index contributed by atoms with van der Waals surface area (Å²) in [5.74, 6) is 0.223. The number of piperidine rings is 1. The number of amides is 1. The molecule has 0 radical (unpaired) electrons. The molecule has 0 spiro atoms. The second-order valence-corrected chi connectivity index (χ2v) is 5.81. The summed E-state index contributed by atoms with van der Waals surface area (Å²) in [6, 6.07) is 7.98. The second kappa shape index (κ2) is 9.29. The summed E-state index contributed by atoms with van der Waals surface area (Å²) in [6.07, 6.45) is 3.57.